The minimum Gasteiger partial charge on any atom is -0.378 e. The average Bonchev–Trinajstić information content (AvgIpc) is 2.60. The van der Waals surface area contributed by atoms with Crippen LogP contribution in [0.15, 0.2) is 30.5 Å². The fourth-order valence-electron chi connectivity index (χ4n) is 3.09. The van der Waals surface area contributed by atoms with Gasteiger partial charge in [0.05, 0.1) is 0 Å². The van der Waals surface area contributed by atoms with E-state index in [-0.39, 0.29) is 0 Å². The van der Waals surface area contributed by atoms with Crippen LogP contribution in [0.5, 0.6) is 0 Å². The van der Waals surface area contributed by atoms with Gasteiger partial charge < -0.3 is 15.5 Å². The van der Waals surface area contributed by atoms with E-state index >= 15 is 0 Å². The molecule has 2 N–H and O–H groups in total. The number of aryl methyl sites for hydroxylation is 1. The summed E-state index contributed by atoms with van der Waals surface area (Å²) in [6.45, 7) is 12.8. The number of rotatable bonds is 9. The topological polar surface area (TPSA) is 56.3 Å². The molecule has 2 aromatic rings. The molecule has 0 aliphatic heterocycles. The average molecular weight is 371 g/mol. The normalized spacial score (nSPS) is 11.3. The molecular weight excluding hydrogens is 336 g/mol. The molecule has 1 heterocycles. The van der Waals surface area contributed by atoms with E-state index < -0.39 is 0 Å². The van der Waals surface area contributed by atoms with Crippen LogP contribution in [0, 0.1) is 6.92 Å². The van der Waals surface area contributed by atoms with Crippen LogP contribution in [-0.2, 0) is 0 Å². The molecule has 0 atom stereocenters. The lowest BCUT2D eigenvalue weighted by Crippen LogP contribution is -2.40. The third-order valence-electron chi connectivity index (χ3n) is 4.58. The van der Waals surface area contributed by atoms with E-state index in [0.29, 0.717) is 18.0 Å². The van der Waals surface area contributed by atoms with Crippen molar-refractivity contribution in [2.24, 2.45) is 0 Å². The van der Waals surface area contributed by atoms with Gasteiger partial charge in [-0.25, -0.2) is 4.98 Å². The Kier molecular flexibility index (Phi) is 7.42. The summed E-state index contributed by atoms with van der Waals surface area (Å²) >= 11 is 0. The number of hydrogen-bond acceptors (Lipinski definition) is 6. The Morgan fingerprint density at radius 2 is 1.78 bits per heavy atom. The Bertz CT molecular complexity index is 718. The monoisotopic (exact) mass is 370 g/mol. The molecule has 0 bridgehead atoms. The zero-order chi connectivity index (χ0) is 20.0. The van der Waals surface area contributed by atoms with Gasteiger partial charge in [-0.2, -0.15) is 4.98 Å². The molecule has 0 fully saturated rings. The second kappa shape index (κ2) is 9.55. The Balaban J connectivity index is 2.04. The van der Waals surface area contributed by atoms with E-state index in [9.17, 15) is 0 Å². The van der Waals surface area contributed by atoms with Crippen LogP contribution in [0.1, 0.15) is 33.3 Å². The van der Waals surface area contributed by atoms with Gasteiger partial charge in [0, 0.05) is 62.4 Å². The third kappa shape index (κ3) is 6.10. The molecule has 148 valence electrons. The Morgan fingerprint density at radius 1 is 1.07 bits per heavy atom. The lowest BCUT2D eigenvalue weighted by atomic mass is 10.2. The van der Waals surface area contributed by atoms with Gasteiger partial charge in [-0.15, -0.1) is 0 Å². The molecule has 1 aromatic carbocycles. The first-order chi connectivity index (χ1) is 12.8. The van der Waals surface area contributed by atoms with Gasteiger partial charge in [0.1, 0.15) is 5.82 Å². The van der Waals surface area contributed by atoms with Crippen LogP contribution >= 0.6 is 0 Å². The molecule has 27 heavy (non-hydrogen) atoms. The highest BCUT2D eigenvalue weighted by atomic mass is 15.2. The quantitative estimate of drug-likeness (QED) is 0.692. The van der Waals surface area contributed by atoms with Crippen molar-refractivity contribution >= 4 is 23.1 Å². The molecule has 0 saturated carbocycles. The lowest BCUT2D eigenvalue weighted by molar-refractivity contribution is 0.182. The number of nitrogens with zero attached hydrogens (tertiary/aromatic N) is 4. The van der Waals surface area contributed by atoms with Gasteiger partial charge >= 0.3 is 0 Å². The largest absolute Gasteiger partial charge is 0.378 e. The van der Waals surface area contributed by atoms with Crippen molar-refractivity contribution in [1.82, 2.24) is 14.9 Å². The highest BCUT2D eigenvalue weighted by Crippen LogP contribution is 2.21. The lowest BCUT2D eigenvalue weighted by Gasteiger charge is -2.30. The fourth-order valence-corrected chi connectivity index (χ4v) is 3.09. The van der Waals surface area contributed by atoms with Crippen molar-refractivity contribution in [1.29, 1.82) is 0 Å². The van der Waals surface area contributed by atoms with E-state index in [4.69, 9.17) is 0 Å². The Hall–Kier alpha value is -2.34. The van der Waals surface area contributed by atoms with Gasteiger partial charge in [-0.3, -0.25) is 4.90 Å². The Labute approximate surface area is 164 Å². The number of aromatic nitrogens is 2. The predicted molar refractivity (Wildman–Crippen MR) is 116 cm³/mol. The zero-order valence-electron chi connectivity index (χ0n) is 17.7. The van der Waals surface area contributed by atoms with Crippen LogP contribution in [0.2, 0.25) is 0 Å². The summed E-state index contributed by atoms with van der Waals surface area (Å²) < 4.78 is 0. The number of hydrogen-bond donors (Lipinski definition) is 2. The van der Waals surface area contributed by atoms with Crippen LogP contribution in [0.4, 0.5) is 23.1 Å². The van der Waals surface area contributed by atoms with E-state index in [1.165, 1.54) is 0 Å². The first-order valence-electron chi connectivity index (χ1n) is 9.65. The van der Waals surface area contributed by atoms with E-state index in [1.807, 2.05) is 39.3 Å². The molecule has 0 saturated heterocycles. The SMILES string of the molecule is Cc1cnc(Nc2cccc(N(C)C)c2)nc1NCCN(C(C)C)C(C)C. The second-order valence-corrected chi connectivity index (χ2v) is 7.65. The van der Waals surface area contributed by atoms with Crippen molar-refractivity contribution in [2.75, 3.05) is 42.7 Å². The molecular formula is C21H34N6. The predicted octanol–water partition coefficient (Wildman–Crippen LogP) is 4.13. The molecule has 0 aliphatic carbocycles. The molecule has 0 radical (unpaired) electrons. The van der Waals surface area contributed by atoms with Gasteiger partial charge in [-0.05, 0) is 52.8 Å². The van der Waals surface area contributed by atoms with E-state index in [1.54, 1.807) is 0 Å². The van der Waals surface area contributed by atoms with Crippen LogP contribution in [0.3, 0.4) is 0 Å². The van der Waals surface area contributed by atoms with Crippen molar-refractivity contribution in [3.05, 3.63) is 36.0 Å². The molecule has 0 aliphatic rings. The van der Waals surface area contributed by atoms with Crippen LogP contribution in [-0.4, -0.2) is 54.1 Å². The van der Waals surface area contributed by atoms with Crippen molar-refractivity contribution in [3.63, 3.8) is 0 Å². The highest BCUT2D eigenvalue weighted by molar-refractivity contribution is 5.62. The summed E-state index contributed by atoms with van der Waals surface area (Å²) in [7, 11) is 4.06. The minimum atomic E-state index is 0.527. The summed E-state index contributed by atoms with van der Waals surface area (Å²) in [4.78, 5) is 13.6. The smallest absolute Gasteiger partial charge is 0.229 e. The van der Waals surface area contributed by atoms with E-state index in [2.05, 4.69) is 70.2 Å². The van der Waals surface area contributed by atoms with Gasteiger partial charge in [0.2, 0.25) is 5.95 Å². The summed E-state index contributed by atoms with van der Waals surface area (Å²) in [6.07, 6.45) is 1.86. The number of anilines is 4. The van der Waals surface area contributed by atoms with E-state index in [0.717, 1.165) is 35.8 Å². The van der Waals surface area contributed by atoms with Gasteiger partial charge in [-0.1, -0.05) is 6.07 Å². The van der Waals surface area contributed by atoms with Crippen molar-refractivity contribution in [2.45, 2.75) is 46.7 Å². The number of benzene rings is 1. The molecule has 0 amide bonds. The maximum atomic E-state index is 4.66. The molecule has 6 nitrogen and oxygen atoms in total. The van der Waals surface area contributed by atoms with Gasteiger partial charge in [0.25, 0.3) is 0 Å². The summed E-state index contributed by atoms with van der Waals surface area (Å²) in [5.41, 5.74) is 3.15. The fraction of sp³-hybridized carbons (Fsp3) is 0.524. The molecule has 0 unspecified atom stereocenters. The molecule has 1 aromatic heterocycles. The van der Waals surface area contributed by atoms with Crippen molar-refractivity contribution in [3.8, 4) is 0 Å². The van der Waals surface area contributed by atoms with Gasteiger partial charge in [0.15, 0.2) is 0 Å². The highest BCUT2D eigenvalue weighted by Gasteiger charge is 2.13. The standard InChI is InChI=1S/C21H34N6/c1-15(2)27(16(3)4)12-11-22-20-17(5)14-23-21(25-20)24-18-9-8-10-19(13-18)26(6)7/h8-10,13-16H,11-12H2,1-7H3,(H2,22,23,24,25). The van der Waals surface area contributed by atoms with Crippen LogP contribution in [0.25, 0.3) is 0 Å². The first-order valence-corrected chi connectivity index (χ1v) is 9.65. The zero-order valence-corrected chi connectivity index (χ0v) is 17.7. The maximum absolute atomic E-state index is 4.66. The summed E-state index contributed by atoms with van der Waals surface area (Å²) in [5.74, 6) is 1.48. The second-order valence-electron chi connectivity index (χ2n) is 7.65. The van der Waals surface area contributed by atoms with Crippen molar-refractivity contribution < 1.29 is 0 Å². The van der Waals surface area contributed by atoms with Crippen LogP contribution < -0.4 is 15.5 Å². The third-order valence-corrected chi connectivity index (χ3v) is 4.58. The first kappa shape index (κ1) is 21.0. The summed E-state index contributed by atoms with van der Waals surface area (Å²) in [6, 6.07) is 9.26. The Morgan fingerprint density at radius 3 is 2.41 bits per heavy atom. The maximum Gasteiger partial charge on any atom is 0.229 e. The number of nitrogens with one attached hydrogen (secondary N) is 2. The minimum absolute atomic E-state index is 0.527. The molecule has 0 spiro atoms. The summed E-state index contributed by atoms with van der Waals surface area (Å²) in [5, 5.41) is 6.77. The molecule has 2 rings (SSSR count). The molecule has 6 heteroatoms.